The molecule has 2 bridgehead atoms. The second kappa shape index (κ2) is 1.93. The molecule has 0 aromatic carbocycles. The Balaban J connectivity index is 2.35. The van der Waals surface area contributed by atoms with Gasteiger partial charge in [-0.25, -0.2) is 0 Å². The minimum absolute atomic E-state index is 0.0718. The molecule has 60 valence electrons. The minimum Gasteiger partial charge on any atom is -0.291 e. The van der Waals surface area contributed by atoms with Crippen molar-refractivity contribution in [2.75, 3.05) is 0 Å². The zero-order valence-corrected chi connectivity index (χ0v) is 6.83. The Kier molecular flexibility index (Phi) is 1.23. The molecule has 0 unspecified atom stereocenters. The minimum atomic E-state index is -0.0967. The second-order valence-electron chi connectivity index (χ2n) is 3.90. The molecule has 2 rings (SSSR count). The number of carbonyl (C=O) groups is 2. The maximum atomic E-state index is 11.2. The molecule has 0 amide bonds. The molecule has 2 saturated carbocycles. The van der Waals surface area contributed by atoms with Gasteiger partial charge < -0.3 is 0 Å². The fourth-order valence-electron chi connectivity index (χ4n) is 2.49. The molecular weight excluding hydrogens is 140 g/mol. The first kappa shape index (κ1) is 7.01. The van der Waals surface area contributed by atoms with Crippen LogP contribution in [-0.4, -0.2) is 11.6 Å². The lowest BCUT2D eigenvalue weighted by Crippen LogP contribution is -2.32. The molecule has 4 atom stereocenters. The van der Waals surface area contributed by atoms with Crippen LogP contribution in [0.15, 0.2) is 0 Å². The molecule has 0 aliphatic heterocycles. The summed E-state index contributed by atoms with van der Waals surface area (Å²) in [4.78, 5) is 22.3. The summed E-state index contributed by atoms with van der Waals surface area (Å²) in [6.07, 6.45) is 0.833. The van der Waals surface area contributed by atoms with Crippen LogP contribution in [0.4, 0.5) is 0 Å². The van der Waals surface area contributed by atoms with Gasteiger partial charge in [0, 0.05) is 11.8 Å². The number of hydrogen-bond acceptors (Lipinski definition) is 2. The summed E-state index contributed by atoms with van der Waals surface area (Å²) in [5.74, 6) is 0.821. The van der Waals surface area contributed by atoms with Gasteiger partial charge in [-0.2, -0.15) is 0 Å². The highest BCUT2D eigenvalue weighted by Crippen LogP contribution is 2.47. The second-order valence-corrected chi connectivity index (χ2v) is 3.90. The normalized spacial score (nSPS) is 48.9. The van der Waals surface area contributed by atoms with Gasteiger partial charge >= 0.3 is 0 Å². The van der Waals surface area contributed by atoms with Gasteiger partial charge in [-0.1, -0.05) is 13.8 Å². The lowest BCUT2D eigenvalue weighted by Gasteiger charge is -2.22. The molecule has 2 aliphatic rings. The fourth-order valence-corrected chi connectivity index (χ4v) is 2.49. The highest BCUT2D eigenvalue weighted by atomic mass is 16.2. The molecule has 0 saturated heterocycles. The van der Waals surface area contributed by atoms with Gasteiger partial charge in [0.15, 0.2) is 0 Å². The van der Waals surface area contributed by atoms with Crippen molar-refractivity contribution in [3.63, 3.8) is 0 Å². The summed E-state index contributed by atoms with van der Waals surface area (Å²) in [6.45, 7) is 4.17. The van der Waals surface area contributed by atoms with E-state index in [-0.39, 0.29) is 23.4 Å². The lowest BCUT2D eigenvalue weighted by atomic mass is 9.80. The van der Waals surface area contributed by atoms with Gasteiger partial charge in [-0.15, -0.1) is 0 Å². The Bertz CT molecular complexity index is 208. The molecule has 0 heterocycles. The third kappa shape index (κ3) is 0.673. The van der Waals surface area contributed by atoms with Crippen molar-refractivity contribution in [2.45, 2.75) is 20.3 Å². The van der Waals surface area contributed by atoms with E-state index in [2.05, 4.69) is 13.8 Å². The van der Waals surface area contributed by atoms with Crippen molar-refractivity contribution in [2.24, 2.45) is 23.7 Å². The maximum Gasteiger partial charge on any atom is 0.202 e. The molecule has 2 heteroatoms. The lowest BCUT2D eigenvalue weighted by molar-refractivity contribution is -0.141. The Morgan fingerprint density at radius 2 is 1.36 bits per heavy atom. The molecule has 2 nitrogen and oxygen atoms in total. The Morgan fingerprint density at radius 3 is 1.64 bits per heavy atom. The van der Waals surface area contributed by atoms with Crippen molar-refractivity contribution in [3.05, 3.63) is 0 Å². The van der Waals surface area contributed by atoms with Crippen LogP contribution < -0.4 is 0 Å². The quantitative estimate of drug-likeness (QED) is 0.486. The van der Waals surface area contributed by atoms with E-state index in [0.29, 0.717) is 11.8 Å². The molecule has 0 radical (unpaired) electrons. The Morgan fingerprint density at radius 1 is 1.00 bits per heavy atom. The molecule has 11 heavy (non-hydrogen) atoms. The number of hydrogen-bond donors (Lipinski definition) is 0. The van der Waals surface area contributed by atoms with Gasteiger partial charge in [0.25, 0.3) is 0 Å². The van der Waals surface area contributed by atoms with Gasteiger partial charge in [-0.3, -0.25) is 9.59 Å². The Labute approximate surface area is 66.0 Å². The van der Waals surface area contributed by atoms with E-state index in [4.69, 9.17) is 0 Å². The molecule has 0 aromatic rings. The van der Waals surface area contributed by atoms with E-state index < -0.39 is 0 Å². The van der Waals surface area contributed by atoms with E-state index in [1.54, 1.807) is 0 Å². The van der Waals surface area contributed by atoms with E-state index in [1.165, 1.54) is 0 Å². The van der Waals surface area contributed by atoms with E-state index in [1.807, 2.05) is 0 Å². The summed E-state index contributed by atoms with van der Waals surface area (Å²) < 4.78 is 0. The highest BCUT2D eigenvalue weighted by Gasteiger charge is 2.54. The zero-order chi connectivity index (χ0) is 8.17. The van der Waals surface area contributed by atoms with Crippen molar-refractivity contribution in [1.82, 2.24) is 0 Å². The van der Waals surface area contributed by atoms with Crippen LogP contribution in [0.5, 0.6) is 0 Å². The van der Waals surface area contributed by atoms with Crippen LogP contribution >= 0.6 is 0 Å². The summed E-state index contributed by atoms with van der Waals surface area (Å²) in [5, 5.41) is 0. The zero-order valence-electron chi connectivity index (χ0n) is 6.83. The first-order valence-electron chi connectivity index (χ1n) is 4.21. The Hall–Kier alpha value is -0.660. The van der Waals surface area contributed by atoms with Crippen LogP contribution in [0.25, 0.3) is 0 Å². The third-order valence-corrected chi connectivity index (χ3v) is 3.52. The maximum absolute atomic E-state index is 11.2. The van der Waals surface area contributed by atoms with Gasteiger partial charge in [0.1, 0.15) is 0 Å². The van der Waals surface area contributed by atoms with Gasteiger partial charge in [0.2, 0.25) is 11.6 Å². The number of carbonyl (C=O) groups excluding carboxylic acids is 2. The first-order chi connectivity index (χ1) is 5.13. The smallest absolute Gasteiger partial charge is 0.202 e. The van der Waals surface area contributed by atoms with E-state index in [0.717, 1.165) is 6.42 Å². The SMILES string of the molecule is C[C@@H]1[C@H](C)[C@H]2C[C@@H]1C(=O)C2=O. The van der Waals surface area contributed by atoms with E-state index >= 15 is 0 Å². The largest absolute Gasteiger partial charge is 0.291 e. The molecular formula is C9H12O2. The fraction of sp³-hybridized carbons (Fsp3) is 0.778. The molecule has 0 spiro atoms. The van der Waals surface area contributed by atoms with Crippen molar-refractivity contribution >= 4 is 11.6 Å². The molecule has 0 aromatic heterocycles. The highest BCUT2D eigenvalue weighted by molar-refractivity contribution is 6.41. The van der Waals surface area contributed by atoms with Crippen molar-refractivity contribution < 1.29 is 9.59 Å². The summed E-state index contributed by atoms with van der Waals surface area (Å²) in [6, 6.07) is 0. The standard InChI is InChI=1S/C9H12O2/c1-4-5(2)7-3-6(4)8(10)9(7)11/h4-7H,3H2,1-2H3/t4-,5+,6+,7-. The van der Waals surface area contributed by atoms with Crippen molar-refractivity contribution in [3.8, 4) is 0 Å². The first-order valence-corrected chi connectivity index (χ1v) is 4.21. The van der Waals surface area contributed by atoms with E-state index in [9.17, 15) is 9.59 Å². The van der Waals surface area contributed by atoms with Gasteiger partial charge in [0.05, 0.1) is 0 Å². The van der Waals surface area contributed by atoms with Crippen LogP contribution in [0.3, 0.4) is 0 Å². The van der Waals surface area contributed by atoms with Crippen LogP contribution in [0, 0.1) is 23.7 Å². The van der Waals surface area contributed by atoms with Crippen molar-refractivity contribution in [1.29, 1.82) is 0 Å². The number of Topliss-reactive ketones (excluding diaryl/α,β-unsaturated/α-hetero) is 2. The van der Waals surface area contributed by atoms with Crippen LogP contribution in [-0.2, 0) is 9.59 Å². The summed E-state index contributed by atoms with van der Waals surface area (Å²) >= 11 is 0. The summed E-state index contributed by atoms with van der Waals surface area (Å²) in [7, 11) is 0. The average molecular weight is 152 g/mol. The average Bonchev–Trinajstić information content (AvgIpc) is 2.40. The van der Waals surface area contributed by atoms with Crippen LogP contribution in [0.1, 0.15) is 20.3 Å². The molecule has 2 aliphatic carbocycles. The number of rotatable bonds is 0. The third-order valence-electron chi connectivity index (χ3n) is 3.52. The number of fused-ring (bicyclic) bond motifs is 2. The monoisotopic (exact) mass is 152 g/mol. The van der Waals surface area contributed by atoms with Gasteiger partial charge in [-0.05, 0) is 18.3 Å². The predicted molar refractivity (Wildman–Crippen MR) is 39.9 cm³/mol. The number of ketones is 2. The topological polar surface area (TPSA) is 34.1 Å². The summed E-state index contributed by atoms with van der Waals surface area (Å²) in [5.41, 5.74) is 0. The predicted octanol–water partition coefficient (Wildman–Crippen LogP) is 1.05. The molecule has 0 N–H and O–H groups in total. The molecule has 2 fully saturated rings. The van der Waals surface area contributed by atoms with Crippen LogP contribution in [0.2, 0.25) is 0 Å².